The normalized spacial score (nSPS) is 10.7. The molecule has 0 N–H and O–H groups in total. The molecular weight excluding hydrogens is 357 g/mol. The Kier molecular flexibility index (Phi) is 5.96. The first-order valence-electron chi connectivity index (χ1n) is 8.09. The molecule has 0 aliphatic carbocycles. The highest BCUT2D eigenvalue weighted by Gasteiger charge is 2.13. The maximum atomic E-state index is 12.8. The van der Waals surface area contributed by atoms with Crippen molar-refractivity contribution in [1.29, 1.82) is 0 Å². The first-order valence-corrected chi connectivity index (χ1v) is 9.03. The zero-order valence-corrected chi connectivity index (χ0v) is 15.0. The van der Waals surface area contributed by atoms with Crippen molar-refractivity contribution in [2.75, 3.05) is 20.2 Å². The molecule has 0 saturated carbocycles. The topological polar surface area (TPSA) is 68.5 Å². The van der Waals surface area contributed by atoms with Gasteiger partial charge in [-0.25, -0.2) is 4.39 Å². The van der Waals surface area contributed by atoms with Gasteiger partial charge in [0.25, 0.3) is 0 Å². The largest absolute Gasteiger partial charge is 0.492 e. The Morgan fingerprint density at radius 3 is 2.85 bits per heavy atom. The van der Waals surface area contributed by atoms with Gasteiger partial charge in [-0.1, -0.05) is 5.16 Å². The molecule has 0 atom stereocenters. The van der Waals surface area contributed by atoms with E-state index < -0.39 is 0 Å². The fraction of sp³-hybridized carbons (Fsp3) is 0.278. The number of halogens is 1. The summed E-state index contributed by atoms with van der Waals surface area (Å²) >= 11 is 1.56. The SMILES string of the molecule is CN(CCOc1ccc(F)cc1)C(=O)CCc1nc(-c2ccsc2)no1. The van der Waals surface area contributed by atoms with E-state index in [2.05, 4.69) is 10.1 Å². The van der Waals surface area contributed by atoms with Crippen LogP contribution in [0.1, 0.15) is 12.3 Å². The number of hydrogen-bond donors (Lipinski definition) is 0. The van der Waals surface area contributed by atoms with Crippen LogP contribution in [-0.2, 0) is 11.2 Å². The van der Waals surface area contributed by atoms with Crippen LogP contribution in [-0.4, -0.2) is 41.1 Å². The lowest BCUT2D eigenvalue weighted by Gasteiger charge is -2.17. The highest BCUT2D eigenvalue weighted by atomic mass is 32.1. The van der Waals surface area contributed by atoms with E-state index in [1.54, 1.807) is 35.4 Å². The van der Waals surface area contributed by atoms with Gasteiger partial charge in [0.05, 0.1) is 6.54 Å². The number of aryl methyl sites for hydroxylation is 1. The second-order valence-electron chi connectivity index (χ2n) is 5.64. The second-order valence-corrected chi connectivity index (χ2v) is 6.42. The Morgan fingerprint density at radius 2 is 2.12 bits per heavy atom. The third-order valence-corrected chi connectivity index (χ3v) is 4.42. The average molecular weight is 375 g/mol. The van der Waals surface area contributed by atoms with E-state index in [1.807, 2.05) is 16.8 Å². The molecule has 2 aromatic heterocycles. The molecule has 3 aromatic rings. The lowest BCUT2D eigenvalue weighted by atomic mass is 10.2. The van der Waals surface area contributed by atoms with Gasteiger partial charge in [0.15, 0.2) is 0 Å². The number of thiophene rings is 1. The molecule has 2 heterocycles. The minimum atomic E-state index is -0.312. The van der Waals surface area contributed by atoms with E-state index in [9.17, 15) is 9.18 Å². The van der Waals surface area contributed by atoms with Gasteiger partial charge in [-0.15, -0.1) is 0 Å². The van der Waals surface area contributed by atoms with Gasteiger partial charge >= 0.3 is 0 Å². The van der Waals surface area contributed by atoms with Gasteiger partial charge in [0, 0.05) is 30.8 Å². The number of carbonyl (C=O) groups excluding carboxylic acids is 1. The first-order chi connectivity index (χ1) is 12.6. The standard InChI is InChI=1S/C18H18FN3O3S/c1-22(9-10-24-15-4-2-14(19)3-5-15)17(23)7-6-16-20-18(21-25-16)13-8-11-26-12-13/h2-5,8,11-12H,6-7,9-10H2,1H3. The summed E-state index contributed by atoms with van der Waals surface area (Å²) in [6.07, 6.45) is 0.664. The fourth-order valence-corrected chi connectivity index (χ4v) is 2.86. The minimum Gasteiger partial charge on any atom is -0.492 e. The number of nitrogens with zero attached hydrogens (tertiary/aromatic N) is 3. The van der Waals surface area contributed by atoms with Crippen LogP contribution in [0.2, 0.25) is 0 Å². The van der Waals surface area contributed by atoms with Crippen molar-refractivity contribution in [2.45, 2.75) is 12.8 Å². The van der Waals surface area contributed by atoms with Gasteiger partial charge in [-0.05, 0) is 35.7 Å². The van der Waals surface area contributed by atoms with Crippen LogP contribution in [0, 0.1) is 5.82 Å². The van der Waals surface area contributed by atoms with Crippen LogP contribution in [0.4, 0.5) is 4.39 Å². The Hall–Kier alpha value is -2.74. The molecule has 0 radical (unpaired) electrons. The van der Waals surface area contributed by atoms with E-state index in [0.29, 0.717) is 37.0 Å². The molecule has 0 aliphatic rings. The lowest BCUT2D eigenvalue weighted by molar-refractivity contribution is -0.130. The van der Waals surface area contributed by atoms with Crippen LogP contribution in [0.5, 0.6) is 5.75 Å². The lowest BCUT2D eigenvalue weighted by Crippen LogP contribution is -2.31. The van der Waals surface area contributed by atoms with E-state index in [-0.39, 0.29) is 18.1 Å². The molecule has 6 nitrogen and oxygen atoms in total. The first kappa shape index (κ1) is 18.1. The predicted molar refractivity (Wildman–Crippen MR) is 95.5 cm³/mol. The summed E-state index contributed by atoms with van der Waals surface area (Å²) in [7, 11) is 1.71. The molecule has 0 spiro atoms. The molecule has 0 fully saturated rings. The quantitative estimate of drug-likeness (QED) is 0.604. The molecule has 0 saturated heterocycles. The molecular formula is C18H18FN3O3S. The highest BCUT2D eigenvalue weighted by molar-refractivity contribution is 7.08. The third-order valence-electron chi connectivity index (χ3n) is 3.74. The summed E-state index contributed by atoms with van der Waals surface area (Å²) in [4.78, 5) is 18.1. The summed E-state index contributed by atoms with van der Waals surface area (Å²) in [5, 5.41) is 7.80. The molecule has 0 bridgehead atoms. The zero-order valence-electron chi connectivity index (χ0n) is 14.2. The number of likely N-dealkylation sites (N-methyl/N-ethyl adjacent to an activating group) is 1. The number of hydrogen-bond acceptors (Lipinski definition) is 6. The van der Waals surface area contributed by atoms with Gasteiger partial charge in [0.2, 0.25) is 17.6 Å². The number of aromatic nitrogens is 2. The van der Waals surface area contributed by atoms with Crippen LogP contribution in [0.25, 0.3) is 11.4 Å². The average Bonchev–Trinajstić information content (AvgIpc) is 3.32. The molecule has 8 heteroatoms. The van der Waals surface area contributed by atoms with Crippen LogP contribution < -0.4 is 4.74 Å². The Bertz CT molecular complexity index is 834. The van der Waals surface area contributed by atoms with Gasteiger partial charge in [0.1, 0.15) is 18.2 Å². The molecule has 1 amide bonds. The van der Waals surface area contributed by atoms with Crippen molar-refractivity contribution >= 4 is 17.2 Å². The van der Waals surface area contributed by atoms with Crippen molar-refractivity contribution < 1.29 is 18.4 Å². The van der Waals surface area contributed by atoms with E-state index >= 15 is 0 Å². The molecule has 3 rings (SSSR count). The van der Waals surface area contributed by atoms with Crippen LogP contribution in [0.3, 0.4) is 0 Å². The summed E-state index contributed by atoms with van der Waals surface area (Å²) < 4.78 is 23.5. The molecule has 0 unspecified atom stereocenters. The number of carbonyl (C=O) groups is 1. The fourth-order valence-electron chi connectivity index (χ4n) is 2.23. The second kappa shape index (κ2) is 8.57. The minimum absolute atomic E-state index is 0.0389. The van der Waals surface area contributed by atoms with Crippen LogP contribution >= 0.6 is 11.3 Å². The number of ether oxygens (including phenoxy) is 1. The Morgan fingerprint density at radius 1 is 1.31 bits per heavy atom. The monoisotopic (exact) mass is 375 g/mol. The number of rotatable bonds is 8. The van der Waals surface area contributed by atoms with Gasteiger partial charge in [-0.3, -0.25) is 4.79 Å². The maximum absolute atomic E-state index is 12.8. The smallest absolute Gasteiger partial charge is 0.227 e. The van der Waals surface area contributed by atoms with Crippen molar-refractivity contribution in [1.82, 2.24) is 15.0 Å². The van der Waals surface area contributed by atoms with E-state index in [4.69, 9.17) is 9.26 Å². The van der Waals surface area contributed by atoms with E-state index in [0.717, 1.165) is 5.56 Å². The van der Waals surface area contributed by atoms with E-state index in [1.165, 1.54) is 12.1 Å². The Balaban J connectivity index is 1.40. The number of amides is 1. The predicted octanol–water partition coefficient (Wildman–Crippen LogP) is 3.41. The molecule has 26 heavy (non-hydrogen) atoms. The van der Waals surface area contributed by atoms with Crippen molar-refractivity contribution in [2.24, 2.45) is 0 Å². The van der Waals surface area contributed by atoms with Crippen molar-refractivity contribution in [3.8, 4) is 17.1 Å². The molecule has 1 aromatic carbocycles. The summed E-state index contributed by atoms with van der Waals surface area (Å²) in [6.45, 7) is 0.761. The summed E-state index contributed by atoms with van der Waals surface area (Å²) in [5.41, 5.74) is 0.909. The van der Waals surface area contributed by atoms with Crippen LogP contribution in [0.15, 0.2) is 45.6 Å². The highest BCUT2D eigenvalue weighted by Crippen LogP contribution is 2.19. The molecule has 0 aliphatic heterocycles. The van der Waals surface area contributed by atoms with Gasteiger partial charge < -0.3 is 14.2 Å². The summed E-state index contributed by atoms with van der Waals surface area (Å²) in [6, 6.07) is 7.69. The summed E-state index contributed by atoms with van der Waals surface area (Å²) in [5.74, 6) is 1.19. The number of benzene rings is 1. The van der Waals surface area contributed by atoms with Gasteiger partial charge in [-0.2, -0.15) is 16.3 Å². The van der Waals surface area contributed by atoms with Crippen molar-refractivity contribution in [3.05, 3.63) is 52.8 Å². The molecule has 136 valence electrons. The maximum Gasteiger partial charge on any atom is 0.227 e. The van der Waals surface area contributed by atoms with Crippen molar-refractivity contribution in [3.63, 3.8) is 0 Å². The third kappa shape index (κ3) is 4.89. The zero-order chi connectivity index (χ0) is 18.4. The Labute approximate surface area is 154 Å².